The van der Waals surface area contributed by atoms with Gasteiger partial charge in [-0.25, -0.2) is 4.79 Å². The van der Waals surface area contributed by atoms with Gasteiger partial charge in [0.05, 0.1) is 5.02 Å². The third kappa shape index (κ3) is 5.16. The molecule has 25 heavy (non-hydrogen) atoms. The van der Waals surface area contributed by atoms with Crippen molar-refractivity contribution in [3.8, 4) is 0 Å². The van der Waals surface area contributed by atoms with Crippen LogP contribution in [0.15, 0.2) is 36.7 Å². The van der Waals surface area contributed by atoms with Gasteiger partial charge in [-0.1, -0.05) is 30.2 Å². The summed E-state index contributed by atoms with van der Waals surface area (Å²) in [6, 6.07) is 5.60. The Morgan fingerprint density at radius 2 is 2.24 bits per heavy atom. The number of hydrogen-bond donors (Lipinski definition) is 1. The van der Waals surface area contributed by atoms with E-state index in [9.17, 15) is 4.79 Å². The summed E-state index contributed by atoms with van der Waals surface area (Å²) in [5, 5.41) is 9.66. The number of aromatic carboxylic acids is 1. The molecule has 2 aromatic heterocycles. The van der Waals surface area contributed by atoms with Gasteiger partial charge in [-0.3, -0.25) is 4.98 Å². The zero-order chi connectivity index (χ0) is 17.6. The van der Waals surface area contributed by atoms with E-state index >= 15 is 0 Å². The molecule has 0 bridgehead atoms. The quantitative estimate of drug-likeness (QED) is 0.650. The van der Waals surface area contributed by atoms with Crippen LogP contribution >= 0.6 is 22.9 Å². The molecule has 1 N–H and O–H groups in total. The molecule has 2 atom stereocenters. The Morgan fingerprint density at radius 3 is 3.00 bits per heavy atom. The molecule has 0 aliphatic heterocycles. The molecule has 3 nitrogen and oxygen atoms in total. The van der Waals surface area contributed by atoms with Crippen LogP contribution in [-0.4, -0.2) is 16.1 Å². The summed E-state index contributed by atoms with van der Waals surface area (Å²) in [6.45, 7) is 0. The number of hydrogen-bond acceptors (Lipinski definition) is 3. The van der Waals surface area contributed by atoms with Crippen LogP contribution in [0.5, 0.6) is 0 Å². The van der Waals surface area contributed by atoms with Crippen molar-refractivity contribution >= 4 is 35.0 Å². The summed E-state index contributed by atoms with van der Waals surface area (Å²) in [4.78, 5) is 16.7. The fraction of sp³-hybridized carbons (Fsp3) is 0.400. The molecule has 0 unspecified atom stereocenters. The average Bonchev–Trinajstić information content (AvgIpc) is 3.22. The maximum Gasteiger partial charge on any atom is 0.345 e. The van der Waals surface area contributed by atoms with Crippen LogP contribution in [0.25, 0.3) is 6.08 Å². The van der Waals surface area contributed by atoms with Gasteiger partial charge in [-0.15, -0.1) is 11.3 Å². The number of thiophene rings is 1. The summed E-state index contributed by atoms with van der Waals surface area (Å²) >= 11 is 7.38. The van der Waals surface area contributed by atoms with Crippen molar-refractivity contribution in [3.63, 3.8) is 0 Å². The van der Waals surface area contributed by atoms with Crippen LogP contribution in [0, 0.1) is 11.8 Å². The number of aryl methyl sites for hydroxylation is 1. The number of nitrogens with zero attached hydrogens (tertiary/aromatic N) is 1. The predicted octanol–water partition coefficient (Wildman–Crippen LogP) is 5.95. The minimum absolute atomic E-state index is 0.437. The first-order chi connectivity index (χ1) is 12.1. The molecule has 0 amide bonds. The number of allylic oxidation sites excluding steroid dienone is 1. The largest absolute Gasteiger partial charge is 0.477 e. The number of carboxylic acid groups (broad SMARTS) is 1. The normalized spacial score (nSPS) is 20.4. The maximum atomic E-state index is 10.9. The third-order valence-corrected chi connectivity index (χ3v) is 6.19. The first-order valence-electron chi connectivity index (χ1n) is 8.72. The SMILES string of the molecule is O=C(O)c1ccc(CCC[C@H]2CCC[C@@H]2/C=C/c2cncc(Cl)c2)s1. The summed E-state index contributed by atoms with van der Waals surface area (Å²) in [5.74, 6) is 0.520. The van der Waals surface area contributed by atoms with E-state index in [-0.39, 0.29) is 0 Å². The lowest BCUT2D eigenvalue weighted by atomic mass is 9.90. The van der Waals surface area contributed by atoms with Crippen LogP contribution in [0.2, 0.25) is 5.02 Å². The monoisotopic (exact) mass is 375 g/mol. The lowest BCUT2D eigenvalue weighted by molar-refractivity contribution is 0.0702. The van der Waals surface area contributed by atoms with Crippen LogP contribution < -0.4 is 0 Å². The van der Waals surface area contributed by atoms with Gasteiger partial charge in [0, 0.05) is 17.3 Å². The standard InChI is InChI=1S/C20H22ClNO2S/c21-17-11-14(12-22-13-17)7-8-16-4-1-3-15(16)5-2-6-18-9-10-19(25-18)20(23)24/h7-13,15-16H,1-6H2,(H,23,24)/b8-7+/t15-,16-/m1/s1. The Balaban J connectivity index is 1.50. The van der Waals surface area contributed by atoms with Gasteiger partial charge in [0.2, 0.25) is 0 Å². The highest BCUT2D eigenvalue weighted by molar-refractivity contribution is 7.13. The van der Waals surface area contributed by atoms with Gasteiger partial charge in [-0.2, -0.15) is 0 Å². The minimum atomic E-state index is -0.826. The van der Waals surface area contributed by atoms with E-state index in [2.05, 4.69) is 17.1 Å². The molecule has 0 spiro atoms. The van der Waals surface area contributed by atoms with Gasteiger partial charge in [0.15, 0.2) is 0 Å². The molecule has 0 aromatic carbocycles. The molecule has 132 valence electrons. The molecule has 5 heteroatoms. The van der Waals surface area contributed by atoms with Crippen molar-refractivity contribution in [2.45, 2.75) is 38.5 Å². The van der Waals surface area contributed by atoms with Gasteiger partial charge in [-0.05, 0) is 67.7 Å². The molecule has 1 saturated carbocycles. The van der Waals surface area contributed by atoms with Crippen molar-refractivity contribution in [1.82, 2.24) is 4.98 Å². The summed E-state index contributed by atoms with van der Waals surface area (Å²) < 4.78 is 0. The minimum Gasteiger partial charge on any atom is -0.477 e. The predicted molar refractivity (Wildman–Crippen MR) is 103 cm³/mol. The molecule has 1 aliphatic rings. The zero-order valence-corrected chi connectivity index (χ0v) is 15.6. The lowest BCUT2D eigenvalue weighted by Crippen LogP contribution is -2.05. The third-order valence-electron chi connectivity index (χ3n) is 4.85. The maximum absolute atomic E-state index is 10.9. The number of rotatable bonds is 7. The van der Waals surface area contributed by atoms with Gasteiger partial charge < -0.3 is 5.11 Å². The average molecular weight is 376 g/mol. The van der Waals surface area contributed by atoms with Crippen LogP contribution in [-0.2, 0) is 6.42 Å². The topological polar surface area (TPSA) is 50.2 Å². The van der Waals surface area contributed by atoms with E-state index in [1.54, 1.807) is 12.3 Å². The second-order valence-electron chi connectivity index (χ2n) is 6.61. The van der Waals surface area contributed by atoms with E-state index in [4.69, 9.17) is 16.7 Å². The Hall–Kier alpha value is -1.65. The van der Waals surface area contributed by atoms with Crippen LogP contribution in [0.4, 0.5) is 0 Å². The fourth-order valence-electron chi connectivity index (χ4n) is 3.60. The van der Waals surface area contributed by atoms with E-state index in [0.29, 0.717) is 15.8 Å². The van der Waals surface area contributed by atoms with E-state index in [0.717, 1.165) is 24.3 Å². The second kappa shape index (κ2) is 8.63. The molecular formula is C20H22ClNO2S. The van der Waals surface area contributed by atoms with E-state index in [1.807, 2.05) is 18.3 Å². The molecule has 0 radical (unpaired) electrons. The lowest BCUT2D eigenvalue weighted by Gasteiger charge is -2.16. The molecular weight excluding hydrogens is 354 g/mol. The highest BCUT2D eigenvalue weighted by atomic mass is 35.5. The summed E-state index contributed by atoms with van der Waals surface area (Å²) in [5.41, 5.74) is 1.05. The molecule has 2 heterocycles. The van der Waals surface area contributed by atoms with E-state index < -0.39 is 5.97 Å². The summed E-state index contributed by atoms with van der Waals surface area (Å²) in [7, 11) is 0. The van der Waals surface area contributed by atoms with E-state index in [1.165, 1.54) is 41.9 Å². The molecule has 1 fully saturated rings. The fourth-order valence-corrected chi connectivity index (χ4v) is 4.67. The number of carbonyl (C=O) groups is 1. The molecule has 2 aromatic rings. The first-order valence-corrected chi connectivity index (χ1v) is 9.92. The Bertz CT molecular complexity index is 756. The number of aromatic nitrogens is 1. The van der Waals surface area contributed by atoms with Crippen LogP contribution in [0.3, 0.4) is 0 Å². The Labute approximate surface area is 157 Å². The smallest absolute Gasteiger partial charge is 0.345 e. The molecule has 1 aliphatic carbocycles. The van der Waals surface area contributed by atoms with Gasteiger partial charge >= 0.3 is 5.97 Å². The second-order valence-corrected chi connectivity index (χ2v) is 8.22. The molecule has 3 rings (SSSR count). The van der Waals surface area contributed by atoms with Crippen molar-refractivity contribution in [1.29, 1.82) is 0 Å². The summed E-state index contributed by atoms with van der Waals surface area (Å²) in [6.07, 6.45) is 15.1. The van der Waals surface area contributed by atoms with Gasteiger partial charge in [0.25, 0.3) is 0 Å². The highest BCUT2D eigenvalue weighted by Gasteiger charge is 2.24. The van der Waals surface area contributed by atoms with Crippen molar-refractivity contribution in [2.75, 3.05) is 0 Å². The Kier molecular flexibility index (Phi) is 6.27. The highest BCUT2D eigenvalue weighted by Crippen LogP contribution is 2.36. The van der Waals surface area contributed by atoms with Crippen LogP contribution in [0.1, 0.15) is 52.2 Å². The zero-order valence-electron chi connectivity index (χ0n) is 14.0. The number of halogens is 1. The number of carboxylic acids is 1. The van der Waals surface area contributed by atoms with Crippen molar-refractivity contribution < 1.29 is 9.90 Å². The van der Waals surface area contributed by atoms with Crippen molar-refractivity contribution in [3.05, 3.63) is 57.0 Å². The molecule has 0 saturated heterocycles. The van der Waals surface area contributed by atoms with Crippen molar-refractivity contribution in [2.24, 2.45) is 11.8 Å². The van der Waals surface area contributed by atoms with Gasteiger partial charge in [0.1, 0.15) is 4.88 Å². The number of pyridine rings is 1. The first kappa shape index (κ1) is 18.2. The Morgan fingerprint density at radius 1 is 1.36 bits per heavy atom.